The van der Waals surface area contributed by atoms with E-state index in [-0.39, 0.29) is 11.3 Å². The monoisotopic (exact) mass is 333 g/mol. The van der Waals surface area contributed by atoms with Crippen molar-refractivity contribution < 1.29 is 18.0 Å². The minimum absolute atomic E-state index is 0.181. The van der Waals surface area contributed by atoms with Crippen molar-refractivity contribution in [2.24, 2.45) is 0 Å². The smallest absolute Gasteiger partial charge is 0.321 e. The minimum Gasteiger partial charge on any atom is -0.321 e. The zero-order chi connectivity index (χ0) is 17.2. The summed E-state index contributed by atoms with van der Waals surface area (Å²) in [5, 5.41) is 13.0. The van der Waals surface area contributed by atoms with Gasteiger partial charge in [0, 0.05) is 5.56 Å². The highest BCUT2D eigenvalue weighted by atomic mass is 19.4. The van der Waals surface area contributed by atoms with E-state index in [1.165, 1.54) is 41.3 Å². The molecule has 3 aromatic rings. The van der Waals surface area contributed by atoms with Gasteiger partial charge in [0.1, 0.15) is 6.33 Å². The number of para-hydroxylation sites is 1. The number of carbonyl (C=O) groups excluding carboxylic acids is 1. The summed E-state index contributed by atoms with van der Waals surface area (Å²) in [6, 6.07) is 11.0. The fraction of sp³-hybridized carbons (Fsp3) is 0.0667. The van der Waals surface area contributed by atoms with Crippen LogP contribution in [0, 0.1) is 0 Å². The van der Waals surface area contributed by atoms with E-state index in [9.17, 15) is 18.0 Å². The van der Waals surface area contributed by atoms with Crippen molar-refractivity contribution in [2.75, 3.05) is 5.32 Å². The standard InChI is InChI=1S/C15H10F3N5O/c16-15(17,18)12-6-1-2-7-13(12)20-14(24)10-4-3-5-11(8-10)23-9-19-21-22-23/h1-9H,(H,20,24). The van der Waals surface area contributed by atoms with Crippen LogP contribution in [0.25, 0.3) is 5.69 Å². The maximum Gasteiger partial charge on any atom is 0.418 e. The number of nitrogens with one attached hydrogen (secondary N) is 1. The number of aromatic nitrogens is 4. The Morgan fingerprint density at radius 3 is 2.58 bits per heavy atom. The summed E-state index contributed by atoms with van der Waals surface area (Å²) in [6.45, 7) is 0. The summed E-state index contributed by atoms with van der Waals surface area (Å²) in [4.78, 5) is 12.3. The SMILES string of the molecule is O=C(Nc1ccccc1C(F)(F)F)c1cccc(-n2cnnn2)c1. The van der Waals surface area contributed by atoms with Gasteiger partial charge in [-0.1, -0.05) is 18.2 Å². The number of nitrogens with zero attached hydrogens (tertiary/aromatic N) is 4. The topological polar surface area (TPSA) is 72.7 Å². The molecule has 0 unspecified atom stereocenters. The van der Waals surface area contributed by atoms with Gasteiger partial charge < -0.3 is 5.32 Å². The molecule has 0 saturated heterocycles. The van der Waals surface area contributed by atoms with Gasteiger partial charge in [-0.2, -0.15) is 13.2 Å². The van der Waals surface area contributed by atoms with Crippen molar-refractivity contribution >= 4 is 11.6 Å². The summed E-state index contributed by atoms with van der Waals surface area (Å²) < 4.78 is 40.3. The third kappa shape index (κ3) is 3.24. The van der Waals surface area contributed by atoms with Crippen molar-refractivity contribution in [1.82, 2.24) is 20.2 Å². The fourth-order valence-corrected chi connectivity index (χ4v) is 2.10. The van der Waals surface area contributed by atoms with Gasteiger partial charge >= 0.3 is 6.18 Å². The van der Waals surface area contributed by atoms with Crippen molar-refractivity contribution in [3.63, 3.8) is 0 Å². The molecule has 0 radical (unpaired) electrons. The second-order valence-electron chi connectivity index (χ2n) is 4.80. The average Bonchev–Trinajstić information content (AvgIpc) is 3.09. The lowest BCUT2D eigenvalue weighted by molar-refractivity contribution is -0.136. The lowest BCUT2D eigenvalue weighted by Gasteiger charge is -2.13. The molecule has 0 aliphatic rings. The number of halogens is 3. The quantitative estimate of drug-likeness (QED) is 0.800. The van der Waals surface area contributed by atoms with Crippen molar-refractivity contribution in [1.29, 1.82) is 0 Å². The van der Waals surface area contributed by atoms with Gasteiger partial charge in [-0.25, -0.2) is 4.68 Å². The molecule has 0 aliphatic carbocycles. The van der Waals surface area contributed by atoms with E-state index >= 15 is 0 Å². The number of hydrogen-bond acceptors (Lipinski definition) is 4. The Morgan fingerprint density at radius 1 is 1.08 bits per heavy atom. The first-order valence-corrected chi connectivity index (χ1v) is 6.76. The Balaban J connectivity index is 1.88. The second-order valence-corrected chi connectivity index (χ2v) is 4.80. The van der Waals surface area contributed by atoms with E-state index in [1.807, 2.05) is 0 Å². The Kier molecular flexibility index (Phi) is 3.98. The lowest BCUT2D eigenvalue weighted by atomic mass is 10.1. The Morgan fingerprint density at radius 2 is 1.88 bits per heavy atom. The Hall–Kier alpha value is -3.23. The number of rotatable bonds is 3. The number of carbonyl (C=O) groups is 1. The number of amides is 1. The molecular formula is C15H10F3N5O. The molecule has 0 atom stereocenters. The van der Waals surface area contributed by atoms with Gasteiger partial charge in [0.2, 0.25) is 0 Å². The highest BCUT2D eigenvalue weighted by Gasteiger charge is 2.33. The molecule has 122 valence electrons. The molecule has 1 heterocycles. The van der Waals surface area contributed by atoms with Gasteiger partial charge in [0.05, 0.1) is 16.9 Å². The normalized spacial score (nSPS) is 11.3. The zero-order valence-electron chi connectivity index (χ0n) is 12.0. The molecule has 6 nitrogen and oxygen atoms in total. The number of benzene rings is 2. The first-order valence-electron chi connectivity index (χ1n) is 6.76. The average molecular weight is 333 g/mol. The predicted molar refractivity (Wildman–Crippen MR) is 78.6 cm³/mol. The maximum atomic E-state index is 13.0. The summed E-state index contributed by atoms with van der Waals surface area (Å²) in [5.41, 5.74) is -0.519. The lowest BCUT2D eigenvalue weighted by Crippen LogP contribution is -2.16. The van der Waals surface area contributed by atoms with Crippen LogP contribution in [0.4, 0.5) is 18.9 Å². The molecule has 1 aromatic heterocycles. The van der Waals surface area contributed by atoms with Crippen LogP contribution in [0.2, 0.25) is 0 Å². The van der Waals surface area contributed by atoms with Crippen molar-refractivity contribution in [2.45, 2.75) is 6.18 Å². The minimum atomic E-state index is -4.56. The third-order valence-corrected chi connectivity index (χ3v) is 3.20. The first kappa shape index (κ1) is 15.7. The highest BCUT2D eigenvalue weighted by Crippen LogP contribution is 2.34. The third-order valence-electron chi connectivity index (χ3n) is 3.20. The van der Waals surface area contributed by atoms with Crippen LogP contribution < -0.4 is 5.32 Å². The molecule has 3 rings (SSSR count). The van der Waals surface area contributed by atoms with Gasteiger partial charge in [-0.05, 0) is 40.8 Å². The van der Waals surface area contributed by atoms with E-state index in [2.05, 4.69) is 20.8 Å². The largest absolute Gasteiger partial charge is 0.418 e. The number of alkyl halides is 3. The molecule has 0 fully saturated rings. The molecule has 9 heteroatoms. The number of anilines is 1. The second kappa shape index (κ2) is 6.11. The molecule has 24 heavy (non-hydrogen) atoms. The van der Waals surface area contributed by atoms with E-state index in [4.69, 9.17) is 0 Å². The molecule has 1 amide bonds. The molecule has 0 saturated carbocycles. The van der Waals surface area contributed by atoms with E-state index < -0.39 is 17.6 Å². The van der Waals surface area contributed by atoms with E-state index in [0.717, 1.165) is 6.07 Å². The van der Waals surface area contributed by atoms with Crippen molar-refractivity contribution in [3.8, 4) is 5.69 Å². The molecule has 1 N–H and O–H groups in total. The van der Waals surface area contributed by atoms with Gasteiger partial charge in [0.15, 0.2) is 0 Å². The molecule has 0 bridgehead atoms. The van der Waals surface area contributed by atoms with E-state index in [0.29, 0.717) is 5.69 Å². The Labute approximate surface area is 133 Å². The van der Waals surface area contributed by atoms with Crippen LogP contribution in [0.3, 0.4) is 0 Å². The van der Waals surface area contributed by atoms with Crippen LogP contribution in [-0.2, 0) is 6.18 Å². The van der Waals surface area contributed by atoms with Gasteiger partial charge in [0.25, 0.3) is 5.91 Å². The van der Waals surface area contributed by atoms with Crippen LogP contribution in [0.15, 0.2) is 54.9 Å². The Bertz CT molecular complexity index is 862. The number of hydrogen-bond donors (Lipinski definition) is 1. The molecule has 0 spiro atoms. The van der Waals surface area contributed by atoms with E-state index in [1.54, 1.807) is 12.1 Å². The summed E-state index contributed by atoms with van der Waals surface area (Å²) in [7, 11) is 0. The zero-order valence-corrected chi connectivity index (χ0v) is 12.0. The van der Waals surface area contributed by atoms with Crippen LogP contribution in [0.1, 0.15) is 15.9 Å². The summed E-state index contributed by atoms with van der Waals surface area (Å²) >= 11 is 0. The van der Waals surface area contributed by atoms with Gasteiger partial charge in [-0.15, -0.1) is 5.10 Å². The fourth-order valence-electron chi connectivity index (χ4n) is 2.10. The van der Waals surface area contributed by atoms with Crippen molar-refractivity contribution in [3.05, 3.63) is 66.0 Å². The van der Waals surface area contributed by atoms with Crippen LogP contribution in [0.5, 0.6) is 0 Å². The molecular weight excluding hydrogens is 323 g/mol. The molecule has 0 aliphatic heterocycles. The maximum absolute atomic E-state index is 13.0. The van der Waals surface area contributed by atoms with Crippen LogP contribution >= 0.6 is 0 Å². The first-order chi connectivity index (χ1) is 11.4. The molecule has 2 aromatic carbocycles. The van der Waals surface area contributed by atoms with Gasteiger partial charge in [-0.3, -0.25) is 4.79 Å². The van der Waals surface area contributed by atoms with Crippen LogP contribution in [-0.4, -0.2) is 26.1 Å². The number of tetrazole rings is 1. The summed E-state index contributed by atoms with van der Waals surface area (Å²) in [5.74, 6) is -0.665. The highest BCUT2D eigenvalue weighted by molar-refractivity contribution is 6.05. The predicted octanol–water partition coefficient (Wildman–Crippen LogP) is 2.93. The summed E-state index contributed by atoms with van der Waals surface area (Å²) in [6.07, 6.45) is -3.21.